The largest absolute Gasteiger partial charge is 0.495 e. The molecule has 0 atom stereocenters. The van der Waals surface area contributed by atoms with Crippen LogP contribution in [0.1, 0.15) is 5.56 Å². The van der Waals surface area contributed by atoms with Crippen LogP contribution in [0.2, 0.25) is 5.02 Å². The molecule has 1 aliphatic heterocycles. The summed E-state index contributed by atoms with van der Waals surface area (Å²) in [5, 5.41) is 3.68. The lowest BCUT2D eigenvalue weighted by atomic mass is 10.1. The lowest BCUT2D eigenvalue weighted by Gasteiger charge is -2.27. The molecule has 0 saturated carbocycles. The second-order valence-corrected chi connectivity index (χ2v) is 8.53. The third-order valence-corrected chi connectivity index (χ3v) is 6.19. The summed E-state index contributed by atoms with van der Waals surface area (Å²) in [5.74, 6) is 0.250. The van der Waals surface area contributed by atoms with E-state index >= 15 is 0 Å². The molecule has 6 nitrogen and oxygen atoms in total. The molecule has 146 valence electrons. The van der Waals surface area contributed by atoms with Gasteiger partial charge >= 0.3 is 0 Å². The van der Waals surface area contributed by atoms with Gasteiger partial charge in [-0.1, -0.05) is 23.7 Å². The van der Waals surface area contributed by atoms with Crippen molar-refractivity contribution in [2.24, 2.45) is 0 Å². The van der Waals surface area contributed by atoms with E-state index in [1.54, 1.807) is 18.2 Å². The van der Waals surface area contributed by atoms with Crippen LogP contribution in [0.15, 0.2) is 47.4 Å². The van der Waals surface area contributed by atoms with Crippen LogP contribution in [-0.2, 0) is 16.4 Å². The first-order valence-electron chi connectivity index (χ1n) is 8.86. The average Bonchev–Trinajstić information content (AvgIpc) is 2.68. The maximum absolute atomic E-state index is 12.7. The number of nitrogens with zero attached hydrogens (tertiary/aromatic N) is 1. The molecule has 27 heavy (non-hydrogen) atoms. The fourth-order valence-electron chi connectivity index (χ4n) is 3.03. The second kappa shape index (κ2) is 8.93. The van der Waals surface area contributed by atoms with Crippen LogP contribution < -0.4 is 14.8 Å². The normalized spacial score (nSPS) is 15.5. The molecule has 2 N–H and O–H groups in total. The summed E-state index contributed by atoms with van der Waals surface area (Å²) in [6.07, 6.45) is 0.940. The minimum Gasteiger partial charge on any atom is -0.495 e. The zero-order valence-electron chi connectivity index (χ0n) is 15.2. The highest BCUT2D eigenvalue weighted by atomic mass is 35.5. The summed E-state index contributed by atoms with van der Waals surface area (Å²) in [7, 11) is -2.37. The molecule has 0 aliphatic carbocycles. The van der Waals surface area contributed by atoms with Crippen LogP contribution in [0.3, 0.4) is 0 Å². The fraction of sp³-hybridized carbons (Fsp3) is 0.368. The lowest BCUT2D eigenvalue weighted by Crippen LogP contribution is -2.44. The number of anilines is 1. The predicted molar refractivity (Wildman–Crippen MR) is 108 cm³/mol. The number of halogens is 1. The van der Waals surface area contributed by atoms with Gasteiger partial charge in [0.15, 0.2) is 0 Å². The molecule has 1 saturated heterocycles. The van der Waals surface area contributed by atoms with Crippen molar-refractivity contribution >= 4 is 27.3 Å². The summed E-state index contributed by atoms with van der Waals surface area (Å²) >= 11 is 5.95. The quantitative estimate of drug-likeness (QED) is 0.735. The van der Waals surface area contributed by atoms with Gasteiger partial charge in [0, 0.05) is 43.4 Å². The molecule has 2 aromatic carbocycles. The summed E-state index contributed by atoms with van der Waals surface area (Å²) in [5.41, 5.74) is 1.68. The van der Waals surface area contributed by atoms with Gasteiger partial charge in [0.2, 0.25) is 0 Å². The van der Waals surface area contributed by atoms with Gasteiger partial charge in [0.25, 0.3) is 10.0 Å². The van der Waals surface area contributed by atoms with Crippen molar-refractivity contribution in [1.82, 2.24) is 10.2 Å². The summed E-state index contributed by atoms with van der Waals surface area (Å²) in [4.78, 5) is 2.44. The summed E-state index contributed by atoms with van der Waals surface area (Å²) in [6.45, 7) is 5.21. The molecule has 2 aromatic rings. The van der Waals surface area contributed by atoms with Crippen LogP contribution in [0, 0.1) is 0 Å². The van der Waals surface area contributed by atoms with Crippen LogP contribution in [0.25, 0.3) is 0 Å². The molecule has 3 rings (SSSR count). The van der Waals surface area contributed by atoms with Gasteiger partial charge in [-0.05, 0) is 42.3 Å². The standard InChI is InChI=1S/C19H24ClN3O3S/c1-26-18-7-4-16(20)14-19(18)27(24,25)22-17-5-2-15(3-6-17)8-11-23-12-9-21-10-13-23/h2-7,14,21-22H,8-13H2,1H3. The van der Waals surface area contributed by atoms with E-state index < -0.39 is 10.0 Å². The number of methoxy groups -OCH3 is 1. The number of piperazine rings is 1. The molecule has 0 bridgehead atoms. The molecule has 1 aliphatic rings. The van der Waals surface area contributed by atoms with Crippen molar-refractivity contribution in [2.45, 2.75) is 11.3 Å². The van der Waals surface area contributed by atoms with E-state index in [0.29, 0.717) is 10.7 Å². The van der Waals surface area contributed by atoms with Crippen LogP contribution >= 0.6 is 11.6 Å². The topological polar surface area (TPSA) is 70.7 Å². The molecule has 0 spiro atoms. The average molecular weight is 410 g/mol. The van der Waals surface area contributed by atoms with Gasteiger partial charge in [0.05, 0.1) is 7.11 Å². The molecule has 0 aromatic heterocycles. The third-order valence-electron chi connectivity index (χ3n) is 4.55. The van der Waals surface area contributed by atoms with Crippen molar-refractivity contribution in [3.63, 3.8) is 0 Å². The molecule has 1 fully saturated rings. The SMILES string of the molecule is COc1ccc(Cl)cc1S(=O)(=O)Nc1ccc(CCN2CCNCC2)cc1. The van der Waals surface area contributed by atoms with E-state index in [0.717, 1.165) is 39.1 Å². The predicted octanol–water partition coefficient (Wildman–Crippen LogP) is 2.60. The van der Waals surface area contributed by atoms with Crippen molar-refractivity contribution in [1.29, 1.82) is 0 Å². The summed E-state index contributed by atoms with van der Waals surface area (Å²) in [6, 6.07) is 12.0. The van der Waals surface area contributed by atoms with Crippen molar-refractivity contribution in [2.75, 3.05) is 44.6 Å². The van der Waals surface area contributed by atoms with Crippen molar-refractivity contribution in [3.8, 4) is 5.75 Å². The number of ether oxygens (including phenoxy) is 1. The van der Waals surface area contributed by atoms with Crippen molar-refractivity contribution in [3.05, 3.63) is 53.1 Å². The first-order chi connectivity index (χ1) is 13.0. The Labute approximate surface area is 165 Å². The minimum atomic E-state index is -3.80. The number of hydrogen-bond acceptors (Lipinski definition) is 5. The first-order valence-corrected chi connectivity index (χ1v) is 10.7. The molecular weight excluding hydrogens is 386 g/mol. The first kappa shape index (κ1) is 19.9. The Bertz CT molecular complexity index is 866. The highest BCUT2D eigenvalue weighted by Gasteiger charge is 2.20. The van der Waals surface area contributed by atoms with Crippen LogP contribution in [0.4, 0.5) is 5.69 Å². The zero-order chi connectivity index (χ0) is 19.3. The van der Waals surface area contributed by atoms with E-state index in [1.807, 2.05) is 12.1 Å². The van der Waals surface area contributed by atoms with Crippen LogP contribution in [-0.4, -0.2) is 53.2 Å². The molecular formula is C19H24ClN3O3S. The molecule has 0 radical (unpaired) electrons. The Morgan fingerprint density at radius 1 is 1.15 bits per heavy atom. The van der Waals surface area contributed by atoms with E-state index in [9.17, 15) is 8.42 Å². The number of sulfonamides is 1. The van der Waals surface area contributed by atoms with Gasteiger partial charge < -0.3 is 15.0 Å². The smallest absolute Gasteiger partial charge is 0.265 e. The van der Waals surface area contributed by atoms with Gasteiger partial charge in [-0.15, -0.1) is 0 Å². The Morgan fingerprint density at radius 2 is 1.85 bits per heavy atom. The van der Waals surface area contributed by atoms with Crippen LogP contribution in [0.5, 0.6) is 5.75 Å². The minimum absolute atomic E-state index is 0.0142. The maximum Gasteiger partial charge on any atom is 0.265 e. The number of benzene rings is 2. The Kier molecular flexibility index (Phi) is 6.59. The highest BCUT2D eigenvalue weighted by Crippen LogP contribution is 2.28. The zero-order valence-corrected chi connectivity index (χ0v) is 16.8. The fourth-order valence-corrected chi connectivity index (χ4v) is 4.52. The van der Waals surface area contributed by atoms with Gasteiger partial charge in [0.1, 0.15) is 10.6 Å². The van der Waals surface area contributed by atoms with Gasteiger partial charge in [-0.3, -0.25) is 4.72 Å². The number of hydrogen-bond donors (Lipinski definition) is 2. The van der Waals surface area contributed by atoms with E-state index in [1.165, 1.54) is 24.8 Å². The van der Waals surface area contributed by atoms with Crippen molar-refractivity contribution < 1.29 is 13.2 Å². The Hall–Kier alpha value is -1.80. The number of rotatable bonds is 7. The van der Waals surface area contributed by atoms with E-state index in [2.05, 4.69) is 14.9 Å². The Balaban J connectivity index is 1.66. The maximum atomic E-state index is 12.7. The van der Waals surface area contributed by atoms with E-state index in [-0.39, 0.29) is 10.6 Å². The molecule has 8 heteroatoms. The van der Waals surface area contributed by atoms with Gasteiger partial charge in [-0.25, -0.2) is 8.42 Å². The summed E-state index contributed by atoms with van der Waals surface area (Å²) < 4.78 is 33.1. The molecule has 1 heterocycles. The second-order valence-electron chi connectivity index (χ2n) is 6.44. The number of nitrogens with one attached hydrogen (secondary N) is 2. The highest BCUT2D eigenvalue weighted by molar-refractivity contribution is 7.92. The Morgan fingerprint density at radius 3 is 2.52 bits per heavy atom. The monoisotopic (exact) mass is 409 g/mol. The van der Waals surface area contributed by atoms with E-state index in [4.69, 9.17) is 16.3 Å². The lowest BCUT2D eigenvalue weighted by molar-refractivity contribution is 0.244. The van der Waals surface area contributed by atoms with Gasteiger partial charge in [-0.2, -0.15) is 0 Å². The molecule has 0 amide bonds. The third kappa shape index (κ3) is 5.35. The molecule has 0 unspecified atom stereocenters.